The monoisotopic (exact) mass is 520 g/mol. The summed E-state index contributed by atoms with van der Waals surface area (Å²) in [5, 5.41) is 0. The summed E-state index contributed by atoms with van der Waals surface area (Å²) in [4.78, 5) is 0. The van der Waals surface area contributed by atoms with Gasteiger partial charge in [-0.25, -0.2) is 0 Å². The highest BCUT2D eigenvalue weighted by Gasteiger charge is 1.96. The Morgan fingerprint density at radius 3 is 0.722 bits per heavy atom. The molecule has 0 heterocycles. The minimum absolute atomic E-state index is 0.566. The van der Waals surface area contributed by atoms with E-state index in [2.05, 4.69) is 13.8 Å². The van der Waals surface area contributed by atoms with E-state index in [9.17, 15) is 0 Å². The van der Waals surface area contributed by atoms with Crippen LogP contribution in [0.3, 0.4) is 0 Å². The summed E-state index contributed by atoms with van der Waals surface area (Å²) in [6.45, 7) is 13.3. The van der Waals surface area contributed by atoms with E-state index in [1.165, 1.54) is 70.6 Å². The lowest BCUT2D eigenvalue weighted by atomic mass is 10.1. The van der Waals surface area contributed by atoms with Crippen LogP contribution in [0.5, 0.6) is 0 Å². The van der Waals surface area contributed by atoms with E-state index in [-0.39, 0.29) is 0 Å². The number of rotatable bonds is 33. The van der Waals surface area contributed by atoms with Gasteiger partial charge in [-0.05, 0) is 12.8 Å². The van der Waals surface area contributed by atoms with Gasteiger partial charge in [0, 0.05) is 13.2 Å². The first-order chi connectivity index (χ1) is 17.9. The van der Waals surface area contributed by atoms with Crippen LogP contribution in [-0.4, -0.2) is 92.5 Å². The van der Waals surface area contributed by atoms with E-state index >= 15 is 0 Å². The van der Waals surface area contributed by atoms with Crippen LogP contribution >= 0.6 is 0 Å². The van der Waals surface area contributed by atoms with Crippen LogP contribution in [0.25, 0.3) is 0 Å². The molecule has 0 saturated heterocycles. The molecule has 0 aromatic heterocycles. The Kier molecular flexibility index (Phi) is 34.4. The van der Waals surface area contributed by atoms with Gasteiger partial charge >= 0.3 is 0 Å². The molecule has 0 aliphatic rings. The standard InChI is InChI=1S/C29H60O7/c1-3-5-7-8-9-10-11-12-13-15-17-31-19-21-33-23-25-35-27-29-36-28-26-34-24-22-32-20-18-30-16-14-6-4-2/h3-29H2,1-2H3. The van der Waals surface area contributed by atoms with Gasteiger partial charge in [0.15, 0.2) is 0 Å². The molecule has 0 spiro atoms. The van der Waals surface area contributed by atoms with E-state index in [0.29, 0.717) is 79.3 Å². The van der Waals surface area contributed by atoms with Gasteiger partial charge < -0.3 is 33.2 Å². The predicted molar refractivity (Wildman–Crippen MR) is 147 cm³/mol. The van der Waals surface area contributed by atoms with Gasteiger partial charge in [0.25, 0.3) is 0 Å². The normalized spacial score (nSPS) is 11.5. The summed E-state index contributed by atoms with van der Waals surface area (Å²) in [6.07, 6.45) is 17.1. The minimum atomic E-state index is 0.566. The SMILES string of the molecule is CCCCCCCCCCCCOCCOCCOCCOCCOCCOCCOCCCCC. The Bertz CT molecular complexity index is 338. The molecule has 0 atom stereocenters. The van der Waals surface area contributed by atoms with E-state index in [1.807, 2.05) is 0 Å². The number of unbranched alkanes of at least 4 members (excludes halogenated alkanes) is 11. The third-order valence-electron chi connectivity index (χ3n) is 5.77. The Labute approximate surface area is 223 Å². The smallest absolute Gasteiger partial charge is 0.0701 e. The second-order valence-electron chi connectivity index (χ2n) is 9.18. The fraction of sp³-hybridized carbons (Fsp3) is 1.00. The summed E-state index contributed by atoms with van der Waals surface area (Å²) < 4.78 is 38.6. The highest BCUT2D eigenvalue weighted by Crippen LogP contribution is 2.10. The molecule has 7 nitrogen and oxygen atoms in total. The zero-order chi connectivity index (χ0) is 26.0. The topological polar surface area (TPSA) is 64.6 Å². The first-order valence-electron chi connectivity index (χ1n) is 15.0. The summed E-state index contributed by atoms with van der Waals surface area (Å²) in [5.41, 5.74) is 0. The maximum Gasteiger partial charge on any atom is 0.0701 e. The van der Waals surface area contributed by atoms with Crippen LogP contribution in [0.4, 0.5) is 0 Å². The van der Waals surface area contributed by atoms with Crippen LogP contribution < -0.4 is 0 Å². The number of hydrogen-bond acceptors (Lipinski definition) is 7. The summed E-state index contributed by atoms with van der Waals surface area (Å²) in [6, 6.07) is 0. The third kappa shape index (κ3) is 33.7. The van der Waals surface area contributed by atoms with Crippen LogP contribution in [0.2, 0.25) is 0 Å². The van der Waals surface area contributed by atoms with Crippen LogP contribution in [0.15, 0.2) is 0 Å². The van der Waals surface area contributed by atoms with E-state index in [4.69, 9.17) is 33.2 Å². The first kappa shape index (κ1) is 35.7. The van der Waals surface area contributed by atoms with Crippen LogP contribution in [0, 0.1) is 0 Å². The van der Waals surface area contributed by atoms with Crippen molar-refractivity contribution in [2.75, 3.05) is 92.5 Å². The summed E-state index contributed by atoms with van der Waals surface area (Å²) in [7, 11) is 0. The molecule has 0 unspecified atom stereocenters. The number of hydrogen-bond donors (Lipinski definition) is 0. The van der Waals surface area contributed by atoms with Gasteiger partial charge in [-0.3, -0.25) is 0 Å². The predicted octanol–water partition coefficient (Wildman–Crippen LogP) is 6.21. The average Bonchev–Trinajstić information content (AvgIpc) is 2.89. The molecule has 0 rings (SSSR count). The molecule has 36 heavy (non-hydrogen) atoms. The molecule has 0 aliphatic heterocycles. The quantitative estimate of drug-likeness (QED) is 0.0953. The van der Waals surface area contributed by atoms with Gasteiger partial charge in [-0.2, -0.15) is 0 Å². The molecule has 0 radical (unpaired) electrons. The molecule has 0 aromatic rings. The highest BCUT2D eigenvalue weighted by molar-refractivity contribution is 4.47. The molecule has 0 N–H and O–H groups in total. The van der Waals surface area contributed by atoms with Crippen molar-refractivity contribution >= 4 is 0 Å². The van der Waals surface area contributed by atoms with Crippen molar-refractivity contribution in [3.8, 4) is 0 Å². The Morgan fingerprint density at radius 2 is 0.417 bits per heavy atom. The van der Waals surface area contributed by atoms with E-state index in [1.54, 1.807) is 0 Å². The van der Waals surface area contributed by atoms with E-state index in [0.717, 1.165) is 26.1 Å². The minimum Gasteiger partial charge on any atom is -0.379 e. The molecule has 0 fully saturated rings. The summed E-state index contributed by atoms with van der Waals surface area (Å²) in [5.74, 6) is 0. The molecule has 0 aliphatic carbocycles. The van der Waals surface area contributed by atoms with Crippen molar-refractivity contribution < 1.29 is 33.2 Å². The van der Waals surface area contributed by atoms with Gasteiger partial charge in [0.1, 0.15) is 0 Å². The van der Waals surface area contributed by atoms with Crippen molar-refractivity contribution in [1.82, 2.24) is 0 Å². The zero-order valence-electron chi connectivity index (χ0n) is 23.9. The maximum atomic E-state index is 5.64. The molecule has 0 aromatic carbocycles. The first-order valence-corrected chi connectivity index (χ1v) is 15.0. The van der Waals surface area contributed by atoms with Gasteiger partial charge in [-0.15, -0.1) is 0 Å². The lowest BCUT2D eigenvalue weighted by Gasteiger charge is -2.08. The zero-order valence-corrected chi connectivity index (χ0v) is 23.9. The Hall–Kier alpha value is -0.280. The molecule has 0 amide bonds. The summed E-state index contributed by atoms with van der Waals surface area (Å²) >= 11 is 0. The Morgan fingerprint density at radius 1 is 0.222 bits per heavy atom. The van der Waals surface area contributed by atoms with E-state index < -0.39 is 0 Å². The molecule has 0 bridgehead atoms. The van der Waals surface area contributed by atoms with Crippen molar-refractivity contribution in [2.24, 2.45) is 0 Å². The average molecular weight is 521 g/mol. The largest absolute Gasteiger partial charge is 0.379 e. The second kappa shape index (κ2) is 34.7. The molecule has 0 saturated carbocycles. The lowest BCUT2D eigenvalue weighted by molar-refractivity contribution is -0.0206. The van der Waals surface area contributed by atoms with Gasteiger partial charge in [0.05, 0.1) is 79.3 Å². The van der Waals surface area contributed by atoms with Gasteiger partial charge in [-0.1, -0.05) is 84.5 Å². The molecule has 218 valence electrons. The molecule has 7 heteroatoms. The number of ether oxygens (including phenoxy) is 7. The van der Waals surface area contributed by atoms with Crippen molar-refractivity contribution in [3.63, 3.8) is 0 Å². The van der Waals surface area contributed by atoms with Crippen molar-refractivity contribution in [1.29, 1.82) is 0 Å². The molecular formula is C29H60O7. The second-order valence-corrected chi connectivity index (χ2v) is 9.18. The third-order valence-corrected chi connectivity index (χ3v) is 5.77. The maximum absolute atomic E-state index is 5.64. The fourth-order valence-electron chi connectivity index (χ4n) is 3.57. The highest BCUT2D eigenvalue weighted by atomic mass is 16.6. The van der Waals surface area contributed by atoms with Crippen molar-refractivity contribution in [3.05, 3.63) is 0 Å². The van der Waals surface area contributed by atoms with Gasteiger partial charge in [0.2, 0.25) is 0 Å². The van der Waals surface area contributed by atoms with Crippen molar-refractivity contribution in [2.45, 2.75) is 97.3 Å². The molecular weight excluding hydrogens is 460 g/mol. The fourth-order valence-corrected chi connectivity index (χ4v) is 3.57. The Balaban J connectivity index is 3.00. The lowest BCUT2D eigenvalue weighted by Crippen LogP contribution is -2.14. The van der Waals surface area contributed by atoms with Crippen LogP contribution in [-0.2, 0) is 33.2 Å². The van der Waals surface area contributed by atoms with Crippen LogP contribution in [0.1, 0.15) is 97.3 Å².